The summed E-state index contributed by atoms with van der Waals surface area (Å²) in [4.78, 5) is 11.9. The predicted octanol–water partition coefficient (Wildman–Crippen LogP) is 4.87. The molecule has 0 fully saturated rings. The minimum absolute atomic E-state index is 0.180. The molecule has 1 unspecified atom stereocenters. The van der Waals surface area contributed by atoms with Crippen molar-refractivity contribution in [1.29, 1.82) is 0 Å². The van der Waals surface area contributed by atoms with Crippen LogP contribution < -0.4 is 0 Å². The minimum Gasteiger partial charge on any atom is -0.298 e. The summed E-state index contributed by atoms with van der Waals surface area (Å²) in [5.74, 6) is 0.201. The molecule has 1 rings (SSSR count). The van der Waals surface area contributed by atoms with Crippen LogP contribution in [0.1, 0.15) is 26.3 Å². The first kappa shape index (κ1) is 15.4. The Labute approximate surface area is 130 Å². The Morgan fingerprint density at radius 1 is 1.47 bits per heavy atom. The molecule has 1 nitrogen and oxygen atoms in total. The van der Waals surface area contributed by atoms with Crippen molar-refractivity contribution in [2.24, 2.45) is 5.41 Å². The summed E-state index contributed by atoms with van der Waals surface area (Å²) in [5, 5.41) is 0.725. The summed E-state index contributed by atoms with van der Waals surface area (Å²) < 4.78 is 1.10. The maximum atomic E-state index is 12.1. The molecule has 0 aliphatic rings. The molecule has 0 N–H and O–H groups in total. The second kappa shape index (κ2) is 6.02. The second-order valence-corrected chi connectivity index (χ2v) is 7.78. The third kappa shape index (κ3) is 4.52. The van der Waals surface area contributed by atoms with Crippen molar-refractivity contribution in [3.05, 3.63) is 32.4 Å². The highest BCUT2D eigenvalue weighted by Gasteiger charge is 2.28. The Hall–Kier alpha value is 0.390. The number of carbonyl (C=O) groups is 1. The van der Waals surface area contributed by atoms with Gasteiger partial charge in [-0.3, -0.25) is 4.79 Å². The lowest BCUT2D eigenvalue weighted by molar-refractivity contribution is -0.125. The summed E-state index contributed by atoms with van der Waals surface area (Å²) in [5.41, 5.74) is 0.677. The predicted molar refractivity (Wildman–Crippen MR) is 85.1 cm³/mol. The van der Waals surface area contributed by atoms with Crippen LogP contribution in [-0.2, 0) is 11.2 Å². The molecular weight excluding hydrogens is 414 g/mol. The number of alkyl halides is 1. The number of halogens is 3. The third-order valence-electron chi connectivity index (χ3n) is 2.44. The summed E-state index contributed by atoms with van der Waals surface area (Å²) in [6.07, 6.45) is 0.631. The quantitative estimate of drug-likeness (QED) is 0.495. The fraction of sp³-hybridized carbons (Fsp3) is 0.462. The monoisotopic (exact) mass is 428 g/mol. The van der Waals surface area contributed by atoms with E-state index >= 15 is 0 Å². The van der Waals surface area contributed by atoms with Gasteiger partial charge in [0, 0.05) is 14.0 Å². The molecule has 94 valence electrons. The fourth-order valence-corrected chi connectivity index (χ4v) is 3.41. The van der Waals surface area contributed by atoms with Crippen molar-refractivity contribution in [1.82, 2.24) is 0 Å². The summed E-state index contributed by atoms with van der Waals surface area (Å²) in [7, 11) is 0. The van der Waals surface area contributed by atoms with Gasteiger partial charge in [-0.05, 0) is 46.7 Å². The molecule has 0 heterocycles. The molecule has 0 saturated carbocycles. The van der Waals surface area contributed by atoms with Gasteiger partial charge in [-0.1, -0.05) is 54.4 Å². The van der Waals surface area contributed by atoms with E-state index in [1.807, 2.05) is 39.0 Å². The molecule has 17 heavy (non-hydrogen) atoms. The molecule has 0 aromatic heterocycles. The van der Waals surface area contributed by atoms with E-state index in [1.54, 1.807) is 0 Å². The average Bonchev–Trinajstić information content (AvgIpc) is 2.19. The van der Waals surface area contributed by atoms with Gasteiger partial charge >= 0.3 is 0 Å². The largest absolute Gasteiger partial charge is 0.298 e. The summed E-state index contributed by atoms with van der Waals surface area (Å²) in [6, 6.07) is 5.90. The van der Waals surface area contributed by atoms with Gasteiger partial charge in [0.25, 0.3) is 0 Å². The van der Waals surface area contributed by atoms with E-state index in [4.69, 9.17) is 11.6 Å². The highest BCUT2D eigenvalue weighted by molar-refractivity contribution is 14.1. The Morgan fingerprint density at radius 3 is 2.53 bits per heavy atom. The molecule has 0 aliphatic heterocycles. The molecule has 0 spiro atoms. The highest BCUT2D eigenvalue weighted by atomic mass is 127. The molecule has 0 amide bonds. The molecule has 1 aromatic carbocycles. The van der Waals surface area contributed by atoms with Crippen LogP contribution >= 0.6 is 50.1 Å². The van der Waals surface area contributed by atoms with Crippen LogP contribution in [-0.4, -0.2) is 10.6 Å². The molecule has 0 bridgehead atoms. The first-order chi connectivity index (χ1) is 7.71. The lowest BCUT2D eigenvalue weighted by Gasteiger charge is -2.21. The van der Waals surface area contributed by atoms with Crippen molar-refractivity contribution >= 4 is 55.9 Å². The molecule has 1 aromatic rings. The van der Waals surface area contributed by atoms with Crippen molar-refractivity contribution in [2.75, 3.05) is 0 Å². The number of benzene rings is 1. The number of hydrogen-bond acceptors (Lipinski definition) is 1. The second-order valence-electron chi connectivity index (χ2n) is 5.02. The lowest BCUT2D eigenvalue weighted by Crippen LogP contribution is -2.30. The van der Waals surface area contributed by atoms with Crippen LogP contribution in [0.2, 0.25) is 5.02 Å². The van der Waals surface area contributed by atoms with Crippen molar-refractivity contribution in [3.63, 3.8) is 0 Å². The van der Waals surface area contributed by atoms with E-state index in [0.29, 0.717) is 6.42 Å². The zero-order chi connectivity index (χ0) is 13.2. The molecular formula is C13H15BrClIO. The van der Waals surface area contributed by atoms with Crippen LogP contribution in [0.25, 0.3) is 0 Å². The molecule has 0 radical (unpaired) electrons. The van der Waals surface area contributed by atoms with Crippen LogP contribution in [0.15, 0.2) is 18.2 Å². The van der Waals surface area contributed by atoms with Crippen molar-refractivity contribution in [3.8, 4) is 0 Å². The minimum atomic E-state index is -0.330. The Kier molecular flexibility index (Phi) is 5.47. The topological polar surface area (TPSA) is 17.1 Å². The maximum absolute atomic E-state index is 12.1. The Morgan fingerprint density at radius 2 is 2.06 bits per heavy atom. The van der Waals surface area contributed by atoms with E-state index in [0.717, 1.165) is 14.2 Å². The number of carbonyl (C=O) groups excluding carboxylic acids is 1. The molecule has 1 atom stereocenters. The van der Waals surface area contributed by atoms with Gasteiger partial charge < -0.3 is 0 Å². The Balaban J connectivity index is 2.81. The lowest BCUT2D eigenvalue weighted by atomic mass is 9.87. The third-order valence-corrected chi connectivity index (χ3v) is 4.20. The van der Waals surface area contributed by atoms with Gasteiger partial charge in [0.15, 0.2) is 5.78 Å². The Bertz CT molecular complexity index is 426. The van der Waals surface area contributed by atoms with Gasteiger partial charge in [0.05, 0.1) is 4.83 Å². The SMILES string of the molecule is CC(C)(C)C(=O)C(Br)Cc1ccc(I)cc1Cl. The highest BCUT2D eigenvalue weighted by Crippen LogP contribution is 2.26. The summed E-state index contributed by atoms with van der Waals surface area (Å²) in [6.45, 7) is 5.79. The molecule has 0 saturated heterocycles. The van der Waals surface area contributed by atoms with Crippen LogP contribution in [0.5, 0.6) is 0 Å². The van der Waals surface area contributed by atoms with Gasteiger partial charge in [-0.15, -0.1) is 0 Å². The number of rotatable bonds is 3. The van der Waals surface area contributed by atoms with E-state index < -0.39 is 0 Å². The average molecular weight is 430 g/mol. The molecule has 0 aliphatic carbocycles. The number of Topliss-reactive ketones (excluding diaryl/α,β-unsaturated/α-hetero) is 1. The first-order valence-electron chi connectivity index (χ1n) is 5.34. The maximum Gasteiger partial charge on any atom is 0.152 e. The summed E-state index contributed by atoms with van der Waals surface area (Å²) >= 11 is 11.8. The molecule has 4 heteroatoms. The van der Waals surface area contributed by atoms with E-state index in [-0.39, 0.29) is 16.0 Å². The van der Waals surface area contributed by atoms with Crippen LogP contribution in [0.3, 0.4) is 0 Å². The zero-order valence-corrected chi connectivity index (χ0v) is 14.6. The standard InChI is InChI=1S/C13H15BrClIO/c1-13(2,3)12(17)10(14)6-8-4-5-9(16)7-11(8)15/h4-5,7,10H,6H2,1-3H3. The number of ketones is 1. The zero-order valence-electron chi connectivity index (χ0n) is 10.1. The van der Waals surface area contributed by atoms with E-state index in [9.17, 15) is 4.79 Å². The van der Waals surface area contributed by atoms with Crippen molar-refractivity contribution in [2.45, 2.75) is 32.0 Å². The van der Waals surface area contributed by atoms with Crippen LogP contribution in [0.4, 0.5) is 0 Å². The van der Waals surface area contributed by atoms with E-state index in [1.165, 1.54) is 0 Å². The first-order valence-corrected chi connectivity index (χ1v) is 7.71. The van der Waals surface area contributed by atoms with Crippen LogP contribution in [0, 0.1) is 8.99 Å². The fourth-order valence-electron chi connectivity index (χ4n) is 1.44. The smallest absolute Gasteiger partial charge is 0.152 e. The van der Waals surface area contributed by atoms with Gasteiger partial charge in [-0.25, -0.2) is 0 Å². The van der Waals surface area contributed by atoms with Crippen molar-refractivity contribution < 1.29 is 4.79 Å². The number of hydrogen-bond donors (Lipinski definition) is 0. The normalized spacial score (nSPS) is 13.5. The van der Waals surface area contributed by atoms with Gasteiger partial charge in [-0.2, -0.15) is 0 Å². The van der Waals surface area contributed by atoms with Gasteiger partial charge in [0.1, 0.15) is 0 Å². The van der Waals surface area contributed by atoms with E-state index in [2.05, 4.69) is 38.5 Å². The van der Waals surface area contributed by atoms with Gasteiger partial charge in [0.2, 0.25) is 0 Å².